The Morgan fingerprint density at radius 3 is 2.69 bits per heavy atom. The number of amides is 1. The highest BCUT2D eigenvalue weighted by atomic mass is 19.1. The number of hydrogen-bond donors (Lipinski definition) is 2. The maximum Gasteiger partial charge on any atom is 0.252 e. The number of halogens is 1. The van der Waals surface area contributed by atoms with Gasteiger partial charge in [0, 0.05) is 42.7 Å². The monoisotopic (exact) mass is 431 g/mol. The maximum atomic E-state index is 14.5. The van der Waals surface area contributed by atoms with E-state index in [0.717, 1.165) is 48.6 Å². The van der Waals surface area contributed by atoms with Crippen LogP contribution >= 0.6 is 0 Å². The second-order valence-electron chi connectivity index (χ2n) is 8.51. The molecule has 7 heteroatoms. The number of aryl methyl sites for hydroxylation is 1. The summed E-state index contributed by atoms with van der Waals surface area (Å²) in [5, 5.41) is 3.35. The summed E-state index contributed by atoms with van der Waals surface area (Å²) in [6, 6.07) is 10.9. The minimum Gasteiger partial charge on any atom is -0.377 e. The van der Waals surface area contributed by atoms with Crippen molar-refractivity contribution in [2.75, 3.05) is 23.3 Å². The molecule has 1 fully saturated rings. The van der Waals surface area contributed by atoms with Gasteiger partial charge in [-0.2, -0.15) is 0 Å². The van der Waals surface area contributed by atoms with Crippen molar-refractivity contribution < 1.29 is 9.18 Å². The molecule has 32 heavy (non-hydrogen) atoms. The molecule has 3 heterocycles. The van der Waals surface area contributed by atoms with Gasteiger partial charge in [0.25, 0.3) is 5.91 Å². The van der Waals surface area contributed by atoms with Gasteiger partial charge in [0.1, 0.15) is 5.82 Å². The Hall–Kier alpha value is -3.48. The van der Waals surface area contributed by atoms with E-state index in [1.54, 1.807) is 6.07 Å². The molecule has 2 aromatic heterocycles. The standard InChI is InChI=1S/C25H26FN5O/c26-21-5-3-4-16-6-9-22(24(16)21)30-23-13-18(29-15-20(23)25(27)32)12-17-7-8-19(14-28-17)31-10-1-2-11-31/h3-5,7-8,13-15,22H,1-2,6,9-12H2,(H2,27,32)(H,29,30). The first-order chi connectivity index (χ1) is 15.6. The molecule has 1 saturated heterocycles. The first-order valence-electron chi connectivity index (χ1n) is 11.1. The predicted molar refractivity (Wildman–Crippen MR) is 122 cm³/mol. The van der Waals surface area contributed by atoms with E-state index in [1.165, 1.54) is 25.1 Å². The summed E-state index contributed by atoms with van der Waals surface area (Å²) in [4.78, 5) is 23.4. The van der Waals surface area contributed by atoms with Gasteiger partial charge in [-0.3, -0.25) is 14.8 Å². The number of nitrogens with two attached hydrogens (primary N) is 1. The first-order valence-corrected chi connectivity index (χ1v) is 11.1. The molecule has 5 rings (SSSR count). The summed E-state index contributed by atoms with van der Waals surface area (Å²) in [5.74, 6) is -0.791. The zero-order valence-electron chi connectivity index (χ0n) is 17.9. The molecular weight excluding hydrogens is 405 g/mol. The second kappa shape index (κ2) is 8.57. The van der Waals surface area contributed by atoms with Gasteiger partial charge in [0.2, 0.25) is 0 Å². The summed E-state index contributed by atoms with van der Waals surface area (Å²) in [6.45, 7) is 2.16. The van der Waals surface area contributed by atoms with Gasteiger partial charge in [0.05, 0.1) is 29.2 Å². The van der Waals surface area contributed by atoms with Gasteiger partial charge >= 0.3 is 0 Å². The van der Waals surface area contributed by atoms with Gasteiger partial charge in [-0.25, -0.2) is 4.39 Å². The van der Waals surface area contributed by atoms with E-state index in [-0.39, 0.29) is 11.9 Å². The van der Waals surface area contributed by atoms with Crippen molar-refractivity contribution >= 4 is 17.3 Å². The zero-order chi connectivity index (χ0) is 22.1. The lowest BCUT2D eigenvalue weighted by Crippen LogP contribution is -2.18. The Labute approximate surface area is 186 Å². The number of primary amides is 1. The van der Waals surface area contributed by atoms with E-state index in [9.17, 15) is 9.18 Å². The number of carbonyl (C=O) groups is 1. The fourth-order valence-corrected chi connectivity index (χ4v) is 4.75. The van der Waals surface area contributed by atoms with E-state index < -0.39 is 5.91 Å². The third-order valence-corrected chi connectivity index (χ3v) is 6.39. The molecule has 1 aliphatic carbocycles. The Kier molecular flexibility index (Phi) is 5.47. The number of anilines is 2. The SMILES string of the molecule is NC(=O)c1cnc(Cc2ccc(N3CCCC3)cn2)cc1NC1CCc2cccc(F)c21. The average Bonchev–Trinajstić information content (AvgIpc) is 3.46. The van der Waals surface area contributed by atoms with E-state index >= 15 is 0 Å². The predicted octanol–water partition coefficient (Wildman–Crippen LogP) is 4.01. The van der Waals surface area contributed by atoms with Crippen molar-refractivity contribution in [1.82, 2.24) is 9.97 Å². The lowest BCUT2D eigenvalue weighted by molar-refractivity contribution is 0.100. The number of nitrogens with zero attached hydrogens (tertiary/aromatic N) is 3. The Morgan fingerprint density at radius 2 is 1.94 bits per heavy atom. The van der Waals surface area contributed by atoms with Gasteiger partial charge < -0.3 is 16.0 Å². The van der Waals surface area contributed by atoms with Crippen molar-refractivity contribution in [1.29, 1.82) is 0 Å². The normalized spacial score (nSPS) is 17.4. The summed E-state index contributed by atoms with van der Waals surface area (Å²) < 4.78 is 14.5. The summed E-state index contributed by atoms with van der Waals surface area (Å²) in [6.07, 6.45) is 7.94. The smallest absolute Gasteiger partial charge is 0.252 e. The topological polar surface area (TPSA) is 84.1 Å². The Morgan fingerprint density at radius 1 is 1.12 bits per heavy atom. The lowest BCUT2D eigenvalue weighted by atomic mass is 10.1. The number of hydrogen-bond acceptors (Lipinski definition) is 5. The lowest BCUT2D eigenvalue weighted by Gasteiger charge is -2.19. The number of carbonyl (C=O) groups excluding carboxylic acids is 1. The zero-order valence-corrected chi connectivity index (χ0v) is 17.9. The van der Waals surface area contributed by atoms with Gasteiger partial charge in [-0.05, 0) is 55.5 Å². The molecular formula is C25H26FN5O. The Balaban J connectivity index is 1.37. The molecule has 1 amide bonds. The highest BCUT2D eigenvalue weighted by molar-refractivity contribution is 5.98. The molecule has 3 N–H and O–H groups in total. The van der Waals surface area contributed by atoms with Crippen molar-refractivity contribution in [3.63, 3.8) is 0 Å². The van der Waals surface area contributed by atoms with Crippen LogP contribution in [0.1, 0.15) is 58.2 Å². The molecule has 1 aromatic carbocycles. The first kappa shape index (κ1) is 20.4. The quantitative estimate of drug-likeness (QED) is 0.616. The van der Waals surface area contributed by atoms with Crippen LogP contribution in [0.5, 0.6) is 0 Å². The molecule has 3 aromatic rings. The van der Waals surface area contributed by atoms with Crippen LogP contribution in [0, 0.1) is 5.82 Å². The minimum atomic E-state index is -0.564. The van der Waals surface area contributed by atoms with E-state index in [2.05, 4.69) is 26.3 Å². The molecule has 1 atom stereocenters. The number of rotatable bonds is 6. The van der Waals surface area contributed by atoms with Crippen LogP contribution in [-0.4, -0.2) is 29.0 Å². The number of pyridine rings is 2. The van der Waals surface area contributed by atoms with Gasteiger partial charge in [-0.15, -0.1) is 0 Å². The van der Waals surface area contributed by atoms with Crippen LogP contribution in [0.2, 0.25) is 0 Å². The Bertz CT molecular complexity index is 1140. The highest BCUT2D eigenvalue weighted by Gasteiger charge is 2.27. The fourth-order valence-electron chi connectivity index (χ4n) is 4.75. The van der Waals surface area contributed by atoms with Crippen LogP contribution in [-0.2, 0) is 12.8 Å². The van der Waals surface area contributed by atoms with Crippen molar-refractivity contribution in [2.45, 2.75) is 38.1 Å². The number of benzene rings is 1. The van der Waals surface area contributed by atoms with Crippen molar-refractivity contribution in [3.05, 3.63) is 82.7 Å². The van der Waals surface area contributed by atoms with Crippen LogP contribution in [0.25, 0.3) is 0 Å². The molecule has 164 valence electrons. The van der Waals surface area contributed by atoms with E-state index in [0.29, 0.717) is 23.2 Å². The molecule has 0 saturated carbocycles. The number of nitrogens with one attached hydrogen (secondary N) is 1. The minimum absolute atomic E-state index is 0.211. The van der Waals surface area contributed by atoms with Crippen LogP contribution < -0.4 is 16.0 Å². The number of aromatic nitrogens is 2. The summed E-state index contributed by atoms with van der Waals surface area (Å²) in [7, 11) is 0. The second-order valence-corrected chi connectivity index (χ2v) is 8.51. The van der Waals surface area contributed by atoms with Gasteiger partial charge in [0.15, 0.2) is 0 Å². The van der Waals surface area contributed by atoms with Crippen LogP contribution in [0.15, 0.2) is 48.8 Å². The van der Waals surface area contributed by atoms with E-state index in [4.69, 9.17) is 5.73 Å². The van der Waals surface area contributed by atoms with Crippen molar-refractivity contribution in [2.24, 2.45) is 5.73 Å². The maximum absolute atomic E-state index is 14.5. The third-order valence-electron chi connectivity index (χ3n) is 6.39. The molecule has 0 radical (unpaired) electrons. The molecule has 1 aliphatic heterocycles. The van der Waals surface area contributed by atoms with Crippen LogP contribution in [0.3, 0.4) is 0 Å². The highest BCUT2D eigenvalue weighted by Crippen LogP contribution is 2.36. The molecule has 6 nitrogen and oxygen atoms in total. The number of fused-ring (bicyclic) bond motifs is 1. The molecule has 0 spiro atoms. The van der Waals surface area contributed by atoms with Crippen molar-refractivity contribution in [3.8, 4) is 0 Å². The van der Waals surface area contributed by atoms with Crippen LogP contribution in [0.4, 0.5) is 15.8 Å². The molecule has 1 unspecified atom stereocenters. The molecule has 0 bridgehead atoms. The summed E-state index contributed by atoms with van der Waals surface area (Å²) in [5.41, 5.74) is 10.9. The molecule has 2 aliphatic rings. The largest absolute Gasteiger partial charge is 0.377 e. The third kappa shape index (κ3) is 4.02. The van der Waals surface area contributed by atoms with Gasteiger partial charge in [-0.1, -0.05) is 12.1 Å². The van der Waals surface area contributed by atoms with E-state index in [1.807, 2.05) is 24.4 Å². The average molecular weight is 432 g/mol. The fraction of sp³-hybridized carbons (Fsp3) is 0.320. The summed E-state index contributed by atoms with van der Waals surface area (Å²) >= 11 is 0.